The highest BCUT2D eigenvalue weighted by molar-refractivity contribution is 7.18. The monoisotopic (exact) mass is 402 g/mol. The minimum atomic E-state index is -0.665. The van der Waals surface area contributed by atoms with Gasteiger partial charge < -0.3 is 10.8 Å². The lowest BCUT2D eigenvalue weighted by atomic mass is 9.63. The molecule has 146 valence electrons. The first-order valence-corrected chi connectivity index (χ1v) is 10.4. The lowest BCUT2D eigenvalue weighted by molar-refractivity contribution is -0.0738. The van der Waals surface area contributed by atoms with E-state index < -0.39 is 11.1 Å². The molecule has 2 aromatic heterocycles. The standard InChI is InChI=1S/C23H22N4OS/c1-22(28)13-23(24,14-22)17-9-7-15(8-10-17)19-20(16-5-3-2-4-6-16)29-21(26-19)18-11-12-25-27-18/h2-12,28H,13-14,24H2,1H3,(H,25,27). The number of nitrogens with one attached hydrogen (secondary N) is 1. The summed E-state index contributed by atoms with van der Waals surface area (Å²) in [6.07, 6.45) is 2.90. The Bertz CT molecular complexity index is 1120. The van der Waals surface area contributed by atoms with Crippen molar-refractivity contribution in [3.05, 3.63) is 72.4 Å². The van der Waals surface area contributed by atoms with Gasteiger partial charge in [-0.3, -0.25) is 5.10 Å². The summed E-state index contributed by atoms with van der Waals surface area (Å²) >= 11 is 1.65. The molecule has 0 unspecified atom stereocenters. The zero-order valence-corrected chi connectivity index (χ0v) is 16.9. The molecule has 0 spiro atoms. The van der Waals surface area contributed by atoms with Gasteiger partial charge in [0.15, 0.2) is 0 Å². The van der Waals surface area contributed by atoms with E-state index in [4.69, 9.17) is 10.7 Å². The van der Waals surface area contributed by atoms with Crippen LogP contribution in [0.25, 0.3) is 32.4 Å². The number of thiazole rings is 1. The van der Waals surface area contributed by atoms with E-state index in [9.17, 15) is 5.11 Å². The molecule has 29 heavy (non-hydrogen) atoms. The van der Waals surface area contributed by atoms with Gasteiger partial charge in [-0.2, -0.15) is 5.10 Å². The van der Waals surface area contributed by atoms with Gasteiger partial charge in [0.1, 0.15) is 5.01 Å². The zero-order chi connectivity index (χ0) is 20.1. The molecule has 5 rings (SSSR count). The number of aromatic amines is 1. The van der Waals surface area contributed by atoms with Crippen LogP contribution in [0.3, 0.4) is 0 Å². The molecule has 0 radical (unpaired) electrons. The van der Waals surface area contributed by atoms with Crippen molar-refractivity contribution >= 4 is 11.3 Å². The van der Waals surface area contributed by atoms with Gasteiger partial charge in [0.2, 0.25) is 0 Å². The Kier molecular flexibility index (Phi) is 4.17. The molecule has 0 saturated heterocycles. The van der Waals surface area contributed by atoms with Gasteiger partial charge in [-0.25, -0.2) is 4.98 Å². The van der Waals surface area contributed by atoms with Crippen LogP contribution < -0.4 is 5.73 Å². The average molecular weight is 403 g/mol. The van der Waals surface area contributed by atoms with Crippen molar-refractivity contribution in [1.29, 1.82) is 0 Å². The molecule has 4 aromatic rings. The van der Waals surface area contributed by atoms with Gasteiger partial charge in [0.05, 0.1) is 21.9 Å². The summed E-state index contributed by atoms with van der Waals surface area (Å²) in [6.45, 7) is 1.84. The number of aliphatic hydroxyl groups is 1. The molecular formula is C23H22N4OS. The first kappa shape index (κ1) is 18.2. The Morgan fingerprint density at radius 1 is 1.00 bits per heavy atom. The molecular weight excluding hydrogens is 380 g/mol. The summed E-state index contributed by atoms with van der Waals surface area (Å²) < 4.78 is 0. The Morgan fingerprint density at radius 3 is 2.34 bits per heavy atom. The maximum atomic E-state index is 10.1. The number of rotatable bonds is 4. The number of hydrogen-bond acceptors (Lipinski definition) is 5. The predicted octanol–water partition coefficient (Wildman–Crippen LogP) is 4.57. The summed E-state index contributed by atoms with van der Waals surface area (Å²) in [5.74, 6) is 0. The largest absolute Gasteiger partial charge is 0.390 e. The van der Waals surface area contributed by atoms with Gasteiger partial charge in [-0.05, 0) is 37.0 Å². The first-order chi connectivity index (χ1) is 13.9. The highest BCUT2D eigenvalue weighted by atomic mass is 32.1. The second kappa shape index (κ2) is 6.62. The van der Waals surface area contributed by atoms with Crippen molar-refractivity contribution in [3.8, 4) is 32.4 Å². The number of benzene rings is 2. The minimum absolute atomic E-state index is 0.451. The van der Waals surface area contributed by atoms with Crippen LogP contribution in [0.2, 0.25) is 0 Å². The van der Waals surface area contributed by atoms with Crippen molar-refractivity contribution in [3.63, 3.8) is 0 Å². The zero-order valence-electron chi connectivity index (χ0n) is 16.1. The van der Waals surface area contributed by atoms with Crippen molar-refractivity contribution in [2.75, 3.05) is 0 Å². The van der Waals surface area contributed by atoms with Gasteiger partial charge in [-0.15, -0.1) is 11.3 Å². The third kappa shape index (κ3) is 3.29. The van der Waals surface area contributed by atoms with E-state index >= 15 is 0 Å². The van der Waals surface area contributed by atoms with Crippen LogP contribution in [0.4, 0.5) is 0 Å². The van der Waals surface area contributed by atoms with Gasteiger partial charge in [0.25, 0.3) is 0 Å². The topological polar surface area (TPSA) is 87.8 Å². The number of H-pyrrole nitrogens is 1. The second-order valence-corrected chi connectivity index (χ2v) is 9.12. The van der Waals surface area contributed by atoms with Gasteiger partial charge in [-0.1, -0.05) is 54.6 Å². The maximum Gasteiger partial charge on any atom is 0.142 e. The van der Waals surface area contributed by atoms with Crippen molar-refractivity contribution in [2.24, 2.45) is 5.73 Å². The van der Waals surface area contributed by atoms with Crippen molar-refractivity contribution in [2.45, 2.75) is 30.9 Å². The Morgan fingerprint density at radius 2 is 1.72 bits per heavy atom. The number of nitrogens with two attached hydrogens (primary N) is 1. The number of aromatic nitrogens is 3. The third-order valence-corrected chi connectivity index (χ3v) is 6.66. The van der Waals surface area contributed by atoms with E-state index in [1.54, 1.807) is 17.5 Å². The SMILES string of the molecule is CC1(O)CC(N)(c2ccc(-c3nc(-c4ccn[nH]4)sc3-c3ccccc3)cc2)C1. The van der Waals surface area contributed by atoms with Crippen LogP contribution >= 0.6 is 11.3 Å². The lowest BCUT2D eigenvalue weighted by Gasteiger charge is -2.49. The number of hydrogen-bond donors (Lipinski definition) is 3. The predicted molar refractivity (Wildman–Crippen MR) is 116 cm³/mol. The third-order valence-electron chi connectivity index (χ3n) is 5.52. The average Bonchev–Trinajstić information content (AvgIpc) is 3.37. The lowest BCUT2D eigenvalue weighted by Crippen LogP contribution is -2.58. The van der Waals surface area contributed by atoms with Crippen LogP contribution in [0.5, 0.6) is 0 Å². The highest BCUT2D eigenvalue weighted by Gasteiger charge is 2.49. The molecule has 0 atom stereocenters. The van der Waals surface area contributed by atoms with Crippen molar-refractivity contribution < 1.29 is 5.11 Å². The summed E-state index contributed by atoms with van der Waals surface area (Å²) in [7, 11) is 0. The van der Waals surface area contributed by atoms with Crippen LogP contribution in [0.1, 0.15) is 25.3 Å². The fourth-order valence-electron chi connectivity index (χ4n) is 4.26. The fourth-order valence-corrected chi connectivity index (χ4v) is 5.33. The van der Waals surface area contributed by atoms with Crippen LogP contribution in [0.15, 0.2) is 66.9 Å². The smallest absolute Gasteiger partial charge is 0.142 e. The van der Waals surface area contributed by atoms with Crippen LogP contribution in [0, 0.1) is 0 Å². The highest BCUT2D eigenvalue weighted by Crippen LogP contribution is 2.47. The van der Waals surface area contributed by atoms with Crippen LogP contribution in [-0.2, 0) is 5.54 Å². The van der Waals surface area contributed by atoms with Gasteiger partial charge in [0, 0.05) is 17.3 Å². The second-order valence-electron chi connectivity index (χ2n) is 8.12. The van der Waals surface area contributed by atoms with E-state index in [-0.39, 0.29) is 0 Å². The molecule has 0 bridgehead atoms. The summed E-state index contributed by atoms with van der Waals surface area (Å²) in [6, 6.07) is 20.5. The normalized spacial score (nSPS) is 23.7. The molecule has 5 nitrogen and oxygen atoms in total. The molecule has 4 N–H and O–H groups in total. The van der Waals surface area contributed by atoms with Crippen LogP contribution in [-0.4, -0.2) is 25.9 Å². The fraction of sp³-hybridized carbons (Fsp3) is 0.217. The number of nitrogens with zero attached hydrogens (tertiary/aromatic N) is 2. The Hall–Kier alpha value is -2.80. The molecule has 2 aromatic carbocycles. The molecule has 0 amide bonds. The Balaban J connectivity index is 1.55. The minimum Gasteiger partial charge on any atom is -0.390 e. The first-order valence-electron chi connectivity index (χ1n) is 9.62. The van der Waals surface area contributed by atoms with E-state index in [2.05, 4.69) is 46.6 Å². The summed E-state index contributed by atoms with van der Waals surface area (Å²) in [4.78, 5) is 6.05. The van der Waals surface area contributed by atoms with Crippen molar-refractivity contribution in [1.82, 2.24) is 15.2 Å². The molecule has 1 aliphatic rings. The molecule has 1 fully saturated rings. The van der Waals surface area contributed by atoms with E-state index in [0.717, 1.165) is 38.0 Å². The molecule has 6 heteroatoms. The molecule has 1 saturated carbocycles. The van der Waals surface area contributed by atoms with Gasteiger partial charge >= 0.3 is 0 Å². The molecule has 0 aliphatic heterocycles. The quantitative estimate of drug-likeness (QED) is 0.467. The molecule has 2 heterocycles. The van der Waals surface area contributed by atoms with E-state index in [0.29, 0.717) is 12.8 Å². The maximum absolute atomic E-state index is 10.1. The van der Waals surface area contributed by atoms with E-state index in [1.807, 2.05) is 31.2 Å². The Labute approximate surface area is 173 Å². The molecule has 1 aliphatic carbocycles. The van der Waals surface area contributed by atoms with E-state index in [1.165, 1.54) is 0 Å². The summed E-state index contributed by atoms with van der Waals surface area (Å²) in [5.41, 5.74) is 10.5. The summed E-state index contributed by atoms with van der Waals surface area (Å²) in [5, 5.41) is 18.1.